The average molecular weight is 580 g/mol. The summed E-state index contributed by atoms with van der Waals surface area (Å²) < 4.78 is 26.3. The van der Waals surface area contributed by atoms with Gasteiger partial charge in [-0.3, -0.25) is 20.3 Å². The van der Waals surface area contributed by atoms with Crippen molar-refractivity contribution in [2.24, 2.45) is 16.8 Å². The largest absolute Gasteiger partial charge is 0.480 e. The minimum absolute atomic E-state index is 0.109. The molecule has 3 atom stereocenters. The topological polar surface area (TPSA) is 169 Å². The van der Waals surface area contributed by atoms with Crippen LogP contribution in [0.4, 0.5) is 0 Å². The molecule has 0 amide bonds. The SMILES string of the molecule is Cc1cccc(S(=O)(=O)N(N)[C@@H](CC(=O)C[C@@H]2C[C@H](c3ccc(C=NN)cc3)N(Cc3ccccc3)O2)C(=O)O)c1. The highest BCUT2D eigenvalue weighted by atomic mass is 32.2. The van der Waals surface area contributed by atoms with Crippen LogP contribution in [0, 0.1) is 6.92 Å². The molecule has 3 aromatic rings. The zero-order valence-electron chi connectivity index (χ0n) is 22.5. The van der Waals surface area contributed by atoms with Crippen molar-refractivity contribution in [3.05, 3.63) is 101 Å². The van der Waals surface area contributed by atoms with Crippen LogP contribution in [0.25, 0.3) is 0 Å². The summed E-state index contributed by atoms with van der Waals surface area (Å²) in [7, 11) is -4.35. The predicted molar refractivity (Wildman–Crippen MR) is 152 cm³/mol. The van der Waals surface area contributed by atoms with Crippen LogP contribution in [0.15, 0.2) is 88.9 Å². The fraction of sp³-hybridized carbons (Fsp3) is 0.276. The third kappa shape index (κ3) is 7.43. The number of hydrogen-bond acceptors (Lipinski definition) is 9. The van der Waals surface area contributed by atoms with Gasteiger partial charge in [-0.05, 0) is 47.7 Å². The van der Waals surface area contributed by atoms with E-state index in [2.05, 4.69) is 5.10 Å². The Bertz CT molecular complexity index is 1500. The van der Waals surface area contributed by atoms with Crippen molar-refractivity contribution in [1.29, 1.82) is 0 Å². The van der Waals surface area contributed by atoms with E-state index in [-0.39, 0.29) is 21.8 Å². The Morgan fingerprint density at radius 2 is 1.83 bits per heavy atom. The number of carboxylic acids is 1. The molecule has 41 heavy (non-hydrogen) atoms. The Kier molecular flexibility index (Phi) is 9.63. The molecular formula is C29H33N5O6S. The number of hydrazone groups is 1. The number of Topliss-reactive ketones (excluding diaryl/α,β-unsaturated/α-hetero) is 1. The van der Waals surface area contributed by atoms with Crippen LogP contribution in [0.1, 0.15) is 47.6 Å². The quantitative estimate of drug-likeness (QED) is 0.166. The summed E-state index contributed by atoms with van der Waals surface area (Å²) in [5.41, 5.74) is 3.48. The summed E-state index contributed by atoms with van der Waals surface area (Å²) in [5.74, 6) is 9.08. The van der Waals surface area contributed by atoms with E-state index in [0.29, 0.717) is 18.5 Å². The van der Waals surface area contributed by atoms with E-state index < -0.39 is 40.3 Å². The van der Waals surface area contributed by atoms with E-state index in [1.165, 1.54) is 24.4 Å². The number of benzene rings is 3. The van der Waals surface area contributed by atoms with E-state index in [4.69, 9.17) is 16.5 Å². The van der Waals surface area contributed by atoms with Gasteiger partial charge < -0.3 is 10.9 Å². The Morgan fingerprint density at radius 1 is 1.12 bits per heavy atom. The molecule has 0 aliphatic carbocycles. The van der Waals surface area contributed by atoms with E-state index in [1.54, 1.807) is 13.0 Å². The molecule has 0 unspecified atom stereocenters. The summed E-state index contributed by atoms with van der Waals surface area (Å²) in [4.78, 5) is 31.2. The predicted octanol–water partition coefficient (Wildman–Crippen LogP) is 2.90. The smallest absolute Gasteiger partial charge is 0.324 e. The number of hydroxylamine groups is 2. The summed E-state index contributed by atoms with van der Waals surface area (Å²) in [6.07, 6.45) is 0.746. The lowest BCUT2D eigenvalue weighted by Gasteiger charge is -2.24. The second kappa shape index (κ2) is 13.1. The monoisotopic (exact) mass is 579 g/mol. The van der Waals surface area contributed by atoms with Gasteiger partial charge in [0.15, 0.2) is 0 Å². The standard InChI is InChI=1S/C29H33N5O6S/c1-20-6-5-9-26(14-20)41(38,39)34(31)28(29(36)37)16-24(35)15-25-17-27(23-12-10-21(11-13-23)18-32-30)33(40-25)19-22-7-3-2-4-8-22/h2-14,18,25,27-28H,15-17,19,30-31H2,1H3,(H,36,37)/t25-,27-,28+/m1/s1. The Morgan fingerprint density at radius 3 is 2.46 bits per heavy atom. The number of sulfonamides is 1. The summed E-state index contributed by atoms with van der Waals surface area (Å²) in [5, 5.41) is 15.1. The van der Waals surface area contributed by atoms with Gasteiger partial charge in [0.25, 0.3) is 10.0 Å². The van der Waals surface area contributed by atoms with E-state index in [9.17, 15) is 23.1 Å². The molecule has 3 aromatic carbocycles. The average Bonchev–Trinajstić information content (AvgIpc) is 3.33. The number of nitrogens with two attached hydrogens (primary N) is 2. The highest BCUT2D eigenvalue weighted by molar-refractivity contribution is 7.89. The first-order valence-electron chi connectivity index (χ1n) is 13.0. The van der Waals surface area contributed by atoms with Crippen LogP contribution in [0.2, 0.25) is 0 Å². The number of carbonyl (C=O) groups is 2. The van der Waals surface area contributed by atoms with Crippen LogP contribution in [-0.4, -0.2) is 53.1 Å². The Labute approximate surface area is 239 Å². The van der Waals surface area contributed by atoms with Gasteiger partial charge in [-0.1, -0.05) is 66.7 Å². The molecule has 12 heteroatoms. The molecule has 1 aliphatic heterocycles. The van der Waals surface area contributed by atoms with Crippen LogP contribution in [0.3, 0.4) is 0 Å². The van der Waals surface area contributed by atoms with Gasteiger partial charge in [0.05, 0.1) is 23.3 Å². The lowest BCUT2D eigenvalue weighted by molar-refractivity contribution is -0.174. The maximum atomic E-state index is 13.1. The zero-order valence-corrected chi connectivity index (χ0v) is 23.4. The van der Waals surface area contributed by atoms with Crippen molar-refractivity contribution in [2.45, 2.75) is 55.8 Å². The normalized spacial score (nSPS) is 18.6. The Hall–Kier alpha value is -3.94. The number of rotatable bonds is 12. The first-order valence-corrected chi connectivity index (χ1v) is 14.4. The molecule has 4 rings (SSSR count). The van der Waals surface area contributed by atoms with Crippen LogP contribution >= 0.6 is 0 Å². The van der Waals surface area contributed by atoms with Gasteiger partial charge in [0.2, 0.25) is 0 Å². The molecule has 1 saturated heterocycles. The molecule has 1 fully saturated rings. The van der Waals surface area contributed by atoms with Gasteiger partial charge >= 0.3 is 5.97 Å². The molecule has 5 N–H and O–H groups in total. The number of hydrogen-bond donors (Lipinski definition) is 3. The first kappa shape index (κ1) is 30.0. The van der Waals surface area contributed by atoms with Crippen molar-refractivity contribution >= 4 is 28.0 Å². The van der Waals surface area contributed by atoms with Crippen molar-refractivity contribution in [3.63, 3.8) is 0 Å². The summed E-state index contributed by atoms with van der Waals surface area (Å²) >= 11 is 0. The molecule has 0 aromatic heterocycles. The van der Waals surface area contributed by atoms with Gasteiger partial charge in [0.1, 0.15) is 11.8 Å². The number of hydrazine groups is 1. The molecule has 0 radical (unpaired) electrons. The summed E-state index contributed by atoms with van der Waals surface area (Å²) in [6.45, 7) is 2.17. The lowest BCUT2D eigenvalue weighted by Crippen LogP contribution is -2.50. The lowest BCUT2D eigenvalue weighted by atomic mass is 9.97. The second-order valence-electron chi connectivity index (χ2n) is 9.94. The third-order valence-electron chi connectivity index (χ3n) is 6.88. The van der Waals surface area contributed by atoms with Crippen LogP contribution in [-0.2, 0) is 31.0 Å². The maximum Gasteiger partial charge on any atom is 0.324 e. The van der Waals surface area contributed by atoms with Gasteiger partial charge in [-0.2, -0.15) is 10.2 Å². The van der Waals surface area contributed by atoms with E-state index in [0.717, 1.165) is 16.7 Å². The molecule has 0 bridgehead atoms. The molecular weight excluding hydrogens is 546 g/mol. The van der Waals surface area contributed by atoms with Crippen LogP contribution in [0.5, 0.6) is 0 Å². The minimum Gasteiger partial charge on any atom is -0.480 e. The first-order chi connectivity index (χ1) is 19.6. The Balaban J connectivity index is 1.49. The van der Waals surface area contributed by atoms with Crippen LogP contribution < -0.4 is 11.7 Å². The maximum absolute atomic E-state index is 13.1. The molecule has 0 saturated carbocycles. The molecule has 1 aliphatic rings. The molecule has 11 nitrogen and oxygen atoms in total. The number of carboxylic acid groups (broad SMARTS) is 1. The minimum atomic E-state index is -4.35. The van der Waals surface area contributed by atoms with E-state index in [1.807, 2.05) is 59.7 Å². The number of aryl methyl sites for hydroxylation is 1. The van der Waals surface area contributed by atoms with Crippen molar-refractivity contribution in [2.75, 3.05) is 0 Å². The fourth-order valence-electron chi connectivity index (χ4n) is 4.80. The number of ketones is 1. The van der Waals surface area contributed by atoms with E-state index >= 15 is 0 Å². The number of nitrogens with zero attached hydrogens (tertiary/aromatic N) is 3. The van der Waals surface area contributed by atoms with Crippen molar-refractivity contribution < 1.29 is 28.0 Å². The number of aliphatic carboxylic acids is 1. The van der Waals surface area contributed by atoms with Crippen molar-refractivity contribution in [1.82, 2.24) is 9.48 Å². The third-order valence-corrected chi connectivity index (χ3v) is 8.54. The highest BCUT2D eigenvalue weighted by Crippen LogP contribution is 2.37. The van der Waals surface area contributed by atoms with Gasteiger partial charge in [0, 0.05) is 19.4 Å². The molecule has 0 spiro atoms. The summed E-state index contributed by atoms with van der Waals surface area (Å²) in [6, 6.07) is 21.4. The zero-order chi connectivity index (χ0) is 29.6. The number of carbonyl (C=O) groups excluding carboxylic acids is 1. The van der Waals surface area contributed by atoms with Gasteiger partial charge in [-0.25, -0.2) is 8.42 Å². The fourth-order valence-corrected chi connectivity index (χ4v) is 6.13. The highest BCUT2D eigenvalue weighted by Gasteiger charge is 2.39. The van der Waals surface area contributed by atoms with Crippen molar-refractivity contribution in [3.8, 4) is 0 Å². The van der Waals surface area contributed by atoms with Gasteiger partial charge in [-0.15, -0.1) is 4.41 Å². The molecule has 216 valence electrons. The molecule has 1 heterocycles. The second-order valence-corrected chi connectivity index (χ2v) is 11.8.